The number of sulfonamides is 4. The van der Waals surface area contributed by atoms with E-state index in [9.17, 15) is 57.2 Å². The number of methoxy groups -OCH3 is 3. The zero-order valence-electron chi connectivity index (χ0n) is 76.7. The summed E-state index contributed by atoms with van der Waals surface area (Å²) in [6, 6.07) is 45.1. The Balaban J connectivity index is 0.000000162. The van der Waals surface area contributed by atoms with Gasteiger partial charge in [-0.15, -0.1) is 0 Å². The second kappa shape index (κ2) is 40.7. The van der Waals surface area contributed by atoms with Crippen LogP contribution >= 0.6 is 11.6 Å². The number of hydrogen-bond acceptors (Lipinski definition) is 30. The standard InChI is InChI=1S/C26H30N4O5S.C25H28FN5O4S.C24H26ClN5O3S.C19H24N4O4S/c1-18-15-26(2,3)30(16-18)24-21(7-6-14-27-24)25(31)29-36(32,33)23-9-5-8-22(28-23)35-17-19-10-12-20(34-4)13-11-19;1-15-12-25(2,3)31(14-15)23-20(24(32)30-36(33,34)22-7-5-6-21(27)29-22)10-17(13-28-23)16-8-18(26)11-19(9-16)35-4;1-15-12-24(2,3)30(14-15)22-19(11-17(13-27-22)16-6-4-7-18(25)10-16)23(31)29-34(32,33)21-9-5-8-20(26)28-21;1-13-11-19(2,3)23(12-13)17-14(7-6-10-20-17)18(24)22-28(25,26)16-9-5-8-15(21-16)27-4/h5-14,18H,15-17H2,1-4H3,(H,29,31);5-11,13,15H,12,14H2,1-4H3,(H2,27,29)(H,30,32);4-11,13,15H,12,14H2,1-3H3,(H2,26,28)(H,29,31);5-10,13H,11-12H2,1-4H3,(H,22,24). The number of aromatic nitrogens is 8. The highest BCUT2D eigenvalue weighted by Gasteiger charge is 2.44. The number of halogens is 2. The molecule has 34 nitrogen and oxygen atoms in total. The third kappa shape index (κ3) is 24.0. The maximum atomic E-state index is 14.2. The maximum absolute atomic E-state index is 14.2. The van der Waals surface area contributed by atoms with Crippen molar-refractivity contribution in [1.82, 2.24) is 58.8 Å². The molecule has 4 atom stereocenters. The van der Waals surface area contributed by atoms with Crippen molar-refractivity contribution < 1.29 is 76.2 Å². The summed E-state index contributed by atoms with van der Waals surface area (Å²) in [5, 5.41) is -0.787. The number of nitrogens with zero attached hydrogens (tertiary/aromatic N) is 12. The van der Waals surface area contributed by atoms with Crippen LogP contribution < -0.4 is 68.9 Å². The molecule has 40 heteroatoms. The Kier molecular flexibility index (Phi) is 30.3. The molecule has 0 spiro atoms. The molecule has 4 unspecified atom stereocenters. The van der Waals surface area contributed by atoms with Gasteiger partial charge in [0.15, 0.2) is 20.1 Å². The molecule has 4 saturated heterocycles. The predicted octanol–water partition coefficient (Wildman–Crippen LogP) is 13.8. The topological polar surface area (TPSA) is 458 Å². The van der Waals surface area contributed by atoms with Crippen molar-refractivity contribution in [2.45, 2.75) is 158 Å². The molecule has 12 heterocycles. The van der Waals surface area contributed by atoms with E-state index in [2.05, 4.69) is 143 Å². The van der Waals surface area contributed by atoms with Crippen LogP contribution in [0.2, 0.25) is 5.02 Å². The predicted molar refractivity (Wildman–Crippen MR) is 508 cm³/mol. The fraction of sp³-hybridized carbons (Fsp3) is 0.340. The molecule has 8 N–H and O–H groups in total. The summed E-state index contributed by atoms with van der Waals surface area (Å²) in [4.78, 5) is 94.6. The average molecular weight is 1930 g/mol. The van der Waals surface area contributed by atoms with E-state index >= 15 is 0 Å². The number of hydrogen-bond donors (Lipinski definition) is 6. The zero-order valence-corrected chi connectivity index (χ0v) is 80.7. The highest BCUT2D eigenvalue weighted by molar-refractivity contribution is 7.90. The number of anilines is 6. The first-order chi connectivity index (χ1) is 63.1. The summed E-state index contributed by atoms with van der Waals surface area (Å²) in [5.41, 5.74) is 14.0. The van der Waals surface area contributed by atoms with E-state index < -0.39 is 69.5 Å². The molecular formula is C94H108ClFN18O16S4. The minimum atomic E-state index is -4.32. The molecule has 0 radical (unpaired) electrons. The van der Waals surface area contributed by atoms with Gasteiger partial charge in [-0.1, -0.05) is 87.8 Å². The van der Waals surface area contributed by atoms with Crippen LogP contribution in [0, 0.1) is 29.5 Å². The van der Waals surface area contributed by atoms with Crippen molar-refractivity contribution in [1.29, 1.82) is 0 Å². The quantitative estimate of drug-likeness (QED) is 0.0327. The third-order valence-electron chi connectivity index (χ3n) is 22.8. The fourth-order valence-electron chi connectivity index (χ4n) is 17.2. The lowest BCUT2D eigenvalue weighted by Gasteiger charge is -2.33. The van der Waals surface area contributed by atoms with Crippen molar-refractivity contribution in [2.24, 2.45) is 23.7 Å². The molecule has 4 fully saturated rings. The van der Waals surface area contributed by atoms with E-state index in [4.69, 9.17) is 42.0 Å². The molecule has 15 rings (SSSR count). The highest BCUT2D eigenvalue weighted by atomic mass is 35.5. The van der Waals surface area contributed by atoms with Gasteiger partial charge in [0.2, 0.25) is 11.8 Å². The molecule has 4 amide bonds. The number of rotatable bonds is 24. The Morgan fingerprint density at radius 3 is 1.13 bits per heavy atom. The van der Waals surface area contributed by atoms with Crippen LogP contribution in [0.25, 0.3) is 22.3 Å². The molecule has 4 aliphatic rings. The number of amides is 4. The Labute approximate surface area is 784 Å². The largest absolute Gasteiger partial charge is 0.497 e. The van der Waals surface area contributed by atoms with Gasteiger partial charge in [-0.05, 0) is 231 Å². The lowest BCUT2D eigenvalue weighted by Crippen LogP contribution is -2.41. The van der Waals surface area contributed by atoms with Gasteiger partial charge in [-0.2, -0.15) is 43.6 Å². The second-order valence-electron chi connectivity index (χ2n) is 35.8. The first-order valence-corrected chi connectivity index (χ1v) is 49.0. The van der Waals surface area contributed by atoms with E-state index in [0.29, 0.717) is 87.5 Å². The number of nitrogens with two attached hydrogens (primary N) is 2. The molecule has 4 aliphatic heterocycles. The number of pyridine rings is 8. The Hall–Kier alpha value is -13.2. The summed E-state index contributed by atoms with van der Waals surface area (Å²) in [5.74, 6) is 0.892. The minimum Gasteiger partial charge on any atom is -0.497 e. The van der Waals surface area contributed by atoms with Gasteiger partial charge in [0, 0.05) is 107 Å². The van der Waals surface area contributed by atoms with Crippen LogP contribution in [0.5, 0.6) is 23.3 Å². The molecule has 0 saturated carbocycles. The number of nitrogen functional groups attached to an aromatic ring is 2. The van der Waals surface area contributed by atoms with E-state index in [1.807, 2.05) is 36.9 Å². The van der Waals surface area contributed by atoms with Crippen LogP contribution in [0.3, 0.4) is 0 Å². The van der Waals surface area contributed by atoms with Gasteiger partial charge in [-0.25, -0.2) is 53.2 Å². The Morgan fingerprint density at radius 2 is 0.754 bits per heavy atom. The molecule has 3 aromatic carbocycles. The SMILES string of the molecule is CC1CN(c2ncc(-c3cccc(Cl)c3)cc2C(=O)NS(=O)(=O)c2cccc(N)n2)C(C)(C)C1.COc1cc(F)cc(-c2cnc(N3CC(C)CC3(C)C)c(C(=O)NS(=O)(=O)c3cccc(N)n3)c2)c1.COc1ccc(COc2cccc(S(=O)(=O)NC(=O)c3cccnc3N3CC(C)CC3(C)C)n2)cc1.COc1cccc(S(=O)(=O)NC(=O)c2cccnc2N2CC(C)CC2(C)C)n1. The van der Waals surface area contributed by atoms with Crippen LogP contribution in [0.15, 0.2) is 221 Å². The normalized spacial score (nSPS) is 17.5. The number of ether oxygens (including phenoxy) is 4. The lowest BCUT2D eigenvalue weighted by atomic mass is 9.97. The van der Waals surface area contributed by atoms with Gasteiger partial charge < -0.3 is 50.0 Å². The van der Waals surface area contributed by atoms with E-state index in [1.165, 1.54) is 105 Å². The van der Waals surface area contributed by atoms with Gasteiger partial charge in [0.1, 0.15) is 58.8 Å². The second-order valence-corrected chi connectivity index (χ2v) is 42.7. The Morgan fingerprint density at radius 1 is 0.396 bits per heavy atom. The summed E-state index contributed by atoms with van der Waals surface area (Å²) in [7, 11) is -12.6. The molecule has 8 aromatic heterocycles. The molecule has 0 bridgehead atoms. The van der Waals surface area contributed by atoms with Crippen LogP contribution in [0.1, 0.15) is 156 Å². The monoisotopic (exact) mass is 1930 g/mol. The average Bonchev–Trinajstić information content (AvgIpc) is 1.62. The number of carbonyl (C=O) groups excluding carboxylic acids is 4. The fourth-order valence-corrected chi connectivity index (χ4v) is 21.1. The molecule has 11 aromatic rings. The van der Waals surface area contributed by atoms with Crippen molar-refractivity contribution in [3.05, 3.63) is 239 Å². The molecule has 708 valence electrons. The minimum absolute atomic E-state index is 0.00234. The maximum Gasteiger partial charge on any atom is 0.281 e. The number of nitrogens with one attached hydrogen (secondary N) is 4. The van der Waals surface area contributed by atoms with Crippen LogP contribution in [0.4, 0.5) is 39.3 Å². The molecule has 0 aliphatic carbocycles. The summed E-state index contributed by atoms with van der Waals surface area (Å²) >= 11 is 6.15. The number of carbonyl (C=O) groups is 4. The van der Waals surface area contributed by atoms with Crippen LogP contribution in [-0.2, 0) is 46.7 Å². The van der Waals surface area contributed by atoms with Gasteiger partial charge in [0.05, 0.1) is 43.6 Å². The lowest BCUT2D eigenvalue weighted by molar-refractivity contribution is 0.0972. The van der Waals surface area contributed by atoms with Gasteiger partial charge in [0.25, 0.3) is 63.7 Å². The van der Waals surface area contributed by atoms with Gasteiger partial charge >= 0.3 is 0 Å². The van der Waals surface area contributed by atoms with E-state index in [-0.39, 0.29) is 94.5 Å². The van der Waals surface area contributed by atoms with Crippen molar-refractivity contribution >= 4 is 110 Å². The Bertz CT molecular complexity index is 6710. The summed E-state index contributed by atoms with van der Waals surface area (Å²) < 4.78 is 146. The molecular weight excluding hydrogens is 1820 g/mol. The van der Waals surface area contributed by atoms with Crippen molar-refractivity contribution in [3.63, 3.8) is 0 Å². The van der Waals surface area contributed by atoms with E-state index in [0.717, 1.165) is 55.6 Å². The van der Waals surface area contributed by atoms with Crippen LogP contribution in [-0.4, -0.2) is 167 Å². The van der Waals surface area contributed by atoms with Crippen molar-refractivity contribution in [2.75, 3.05) is 78.6 Å². The smallest absolute Gasteiger partial charge is 0.281 e. The zero-order chi connectivity index (χ0) is 97.4. The van der Waals surface area contributed by atoms with Gasteiger partial charge in [-0.3, -0.25) is 19.2 Å². The third-order valence-corrected chi connectivity index (χ3v) is 28.0. The summed E-state index contributed by atoms with van der Waals surface area (Å²) in [6.07, 6.45) is 10.1. The van der Waals surface area contributed by atoms with Crippen molar-refractivity contribution in [3.8, 4) is 45.5 Å². The van der Waals surface area contributed by atoms with E-state index in [1.54, 1.807) is 98.5 Å². The first-order valence-electron chi connectivity index (χ1n) is 42.7. The highest BCUT2D eigenvalue weighted by Crippen LogP contribution is 2.43. The number of benzene rings is 3. The first kappa shape index (κ1) is 99.8. The molecule has 134 heavy (non-hydrogen) atoms. The summed E-state index contributed by atoms with van der Waals surface area (Å²) in [6.45, 7) is 28.1.